The number of hydrogen-bond donors (Lipinski definition) is 1. The van der Waals surface area contributed by atoms with Gasteiger partial charge in [-0.15, -0.1) is 0 Å². The number of hydrogen-bond acceptors (Lipinski definition) is 2. The Labute approximate surface area is 97.3 Å². The molecule has 2 rings (SSSR count). The standard InChI is InChI=1S/C12H9ClFNO/c13-10-9(14)6-7-15-11(10)12(16)8-4-2-1-3-5-8/h1-7,12,16H. The quantitative estimate of drug-likeness (QED) is 0.871. The third kappa shape index (κ3) is 2.05. The van der Waals surface area contributed by atoms with E-state index in [1.54, 1.807) is 24.3 Å². The normalized spacial score (nSPS) is 12.4. The van der Waals surface area contributed by atoms with E-state index < -0.39 is 11.9 Å². The van der Waals surface area contributed by atoms with Crippen molar-refractivity contribution in [2.75, 3.05) is 0 Å². The predicted molar refractivity (Wildman–Crippen MR) is 59.7 cm³/mol. The highest BCUT2D eigenvalue weighted by Crippen LogP contribution is 2.27. The molecule has 1 aromatic heterocycles. The molecule has 0 aliphatic rings. The second-order valence-corrected chi connectivity index (χ2v) is 3.68. The van der Waals surface area contributed by atoms with Gasteiger partial charge in [-0.2, -0.15) is 0 Å². The van der Waals surface area contributed by atoms with Crippen molar-refractivity contribution in [3.8, 4) is 0 Å². The zero-order chi connectivity index (χ0) is 11.5. The summed E-state index contributed by atoms with van der Waals surface area (Å²) in [6.45, 7) is 0. The average molecular weight is 238 g/mol. The first-order valence-electron chi connectivity index (χ1n) is 4.73. The Morgan fingerprint density at radius 2 is 1.88 bits per heavy atom. The van der Waals surface area contributed by atoms with E-state index in [2.05, 4.69) is 4.98 Å². The number of rotatable bonds is 2. The van der Waals surface area contributed by atoms with Gasteiger partial charge in [-0.1, -0.05) is 41.9 Å². The molecule has 2 aromatic rings. The highest BCUT2D eigenvalue weighted by molar-refractivity contribution is 6.31. The molecule has 2 nitrogen and oxygen atoms in total. The first-order chi connectivity index (χ1) is 7.70. The minimum Gasteiger partial charge on any atom is -0.382 e. The van der Waals surface area contributed by atoms with Crippen molar-refractivity contribution in [2.24, 2.45) is 0 Å². The van der Waals surface area contributed by atoms with E-state index in [0.717, 1.165) is 6.07 Å². The van der Waals surface area contributed by atoms with E-state index >= 15 is 0 Å². The number of pyridine rings is 1. The van der Waals surface area contributed by atoms with E-state index in [1.807, 2.05) is 6.07 Å². The molecule has 82 valence electrons. The first kappa shape index (κ1) is 11.0. The molecule has 1 heterocycles. The van der Waals surface area contributed by atoms with Gasteiger partial charge in [-0.05, 0) is 11.6 Å². The molecule has 0 fully saturated rings. The molecule has 0 bridgehead atoms. The third-order valence-corrected chi connectivity index (χ3v) is 2.62. The van der Waals surface area contributed by atoms with Crippen LogP contribution in [0, 0.1) is 5.82 Å². The lowest BCUT2D eigenvalue weighted by Gasteiger charge is -2.11. The SMILES string of the molecule is OC(c1ccccc1)c1nccc(F)c1Cl. The van der Waals surface area contributed by atoms with Crippen molar-refractivity contribution in [3.63, 3.8) is 0 Å². The minimum atomic E-state index is -1.01. The molecule has 1 aromatic carbocycles. The fourth-order valence-electron chi connectivity index (χ4n) is 1.42. The van der Waals surface area contributed by atoms with Crippen LogP contribution < -0.4 is 0 Å². The van der Waals surface area contributed by atoms with Crippen molar-refractivity contribution in [2.45, 2.75) is 6.10 Å². The van der Waals surface area contributed by atoms with Gasteiger partial charge in [0.1, 0.15) is 16.9 Å². The van der Waals surface area contributed by atoms with Crippen molar-refractivity contribution < 1.29 is 9.50 Å². The summed E-state index contributed by atoms with van der Waals surface area (Å²) in [4.78, 5) is 3.89. The predicted octanol–water partition coefficient (Wildman–Crippen LogP) is 2.96. The number of aromatic nitrogens is 1. The van der Waals surface area contributed by atoms with Gasteiger partial charge in [-0.3, -0.25) is 4.98 Å². The van der Waals surface area contributed by atoms with Crippen molar-refractivity contribution in [3.05, 3.63) is 64.7 Å². The molecule has 4 heteroatoms. The summed E-state index contributed by atoms with van der Waals surface area (Å²) < 4.78 is 13.2. The van der Waals surface area contributed by atoms with Crippen LogP contribution in [0.3, 0.4) is 0 Å². The van der Waals surface area contributed by atoms with Crippen LogP contribution in [-0.4, -0.2) is 10.1 Å². The number of aliphatic hydroxyl groups excluding tert-OH is 1. The average Bonchev–Trinajstić information content (AvgIpc) is 2.33. The zero-order valence-corrected chi connectivity index (χ0v) is 9.03. The maximum absolute atomic E-state index is 13.2. The second kappa shape index (κ2) is 4.60. The Morgan fingerprint density at radius 1 is 1.19 bits per heavy atom. The molecule has 0 saturated carbocycles. The van der Waals surface area contributed by atoms with Gasteiger partial charge in [0.15, 0.2) is 0 Å². The molecule has 1 unspecified atom stereocenters. The van der Waals surface area contributed by atoms with Crippen LogP contribution in [0.25, 0.3) is 0 Å². The molecule has 0 saturated heterocycles. The Morgan fingerprint density at radius 3 is 2.56 bits per heavy atom. The van der Waals surface area contributed by atoms with Crippen molar-refractivity contribution in [1.82, 2.24) is 4.98 Å². The number of nitrogens with zero attached hydrogens (tertiary/aromatic N) is 1. The molecule has 1 atom stereocenters. The van der Waals surface area contributed by atoms with Gasteiger partial charge in [0.05, 0.1) is 5.69 Å². The van der Waals surface area contributed by atoms with Crippen LogP contribution in [0.1, 0.15) is 17.4 Å². The van der Waals surface area contributed by atoms with Crippen LogP contribution >= 0.6 is 11.6 Å². The van der Waals surface area contributed by atoms with Gasteiger partial charge >= 0.3 is 0 Å². The molecule has 0 aliphatic carbocycles. The smallest absolute Gasteiger partial charge is 0.145 e. The van der Waals surface area contributed by atoms with E-state index in [9.17, 15) is 9.50 Å². The lowest BCUT2D eigenvalue weighted by Crippen LogP contribution is -2.04. The van der Waals surface area contributed by atoms with E-state index in [-0.39, 0.29) is 10.7 Å². The first-order valence-corrected chi connectivity index (χ1v) is 5.11. The Balaban J connectivity index is 2.42. The lowest BCUT2D eigenvalue weighted by atomic mass is 10.1. The fraction of sp³-hybridized carbons (Fsp3) is 0.0833. The molecular weight excluding hydrogens is 229 g/mol. The summed E-state index contributed by atoms with van der Waals surface area (Å²) in [5.41, 5.74) is 0.760. The second-order valence-electron chi connectivity index (χ2n) is 3.31. The van der Waals surface area contributed by atoms with Gasteiger partial charge < -0.3 is 5.11 Å². The van der Waals surface area contributed by atoms with Gasteiger partial charge in [0.25, 0.3) is 0 Å². The number of benzene rings is 1. The van der Waals surface area contributed by atoms with Crippen LogP contribution in [0.2, 0.25) is 5.02 Å². The van der Waals surface area contributed by atoms with Crippen LogP contribution in [-0.2, 0) is 0 Å². The summed E-state index contributed by atoms with van der Waals surface area (Å²) in [5.74, 6) is -0.582. The van der Waals surface area contributed by atoms with E-state index in [0.29, 0.717) is 5.56 Å². The summed E-state index contributed by atoms with van der Waals surface area (Å²) in [7, 11) is 0. The number of halogens is 2. The Hall–Kier alpha value is -1.45. The molecule has 0 amide bonds. The number of aliphatic hydroxyl groups is 1. The zero-order valence-electron chi connectivity index (χ0n) is 8.27. The molecule has 0 aliphatic heterocycles. The lowest BCUT2D eigenvalue weighted by molar-refractivity contribution is 0.215. The Kier molecular flexibility index (Phi) is 3.17. The van der Waals surface area contributed by atoms with Crippen molar-refractivity contribution in [1.29, 1.82) is 0 Å². The molecule has 0 spiro atoms. The van der Waals surface area contributed by atoms with Crippen LogP contribution in [0.4, 0.5) is 4.39 Å². The topological polar surface area (TPSA) is 33.1 Å². The molecular formula is C12H9ClFNO. The molecule has 16 heavy (non-hydrogen) atoms. The monoisotopic (exact) mass is 237 g/mol. The van der Waals surface area contributed by atoms with Crippen LogP contribution in [0.15, 0.2) is 42.6 Å². The van der Waals surface area contributed by atoms with E-state index in [4.69, 9.17) is 11.6 Å². The minimum absolute atomic E-state index is 0.132. The van der Waals surface area contributed by atoms with Gasteiger partial charge in [-0.25, -0.2) is 4.39 Å². The maximum Gasteiger partial charge on any atom is 0.145 e. The van der Waals surface area contributed by atoms with Gasteiger partial charge in [0, 0.05) is 6.20 Å². The summed E-state index contributed by atoms with van der Waals surface area (Å²) in [6.07, 6.45) is 0.271. The maximum atomic E-state index is 13.2. The van der Waals surface area contributed by atoms with Crippen molar-refractivity contribution >= 4 is 11.6 Å². The third-order valence-electron chi connectivity index (χ3n) is 2.24. The summed E-state index contributed by atoms with van der Waals surface area (Å²) >= 11 is 5.74. The Bertz CT molecular complexity index is 490. The highest BCUT2D eigenvalue weighted by Gasteiger charge is 2.17. The van der Waals surface area contributed by atoms with E-state index in [1.165, 1.54) is 6.20 Å². The van der Waals surface area contributed by atoms with Gasteiger partial charge in [0.2, 0.25) is 0 Å². The highest BCUT2D eigenvalue weighted by atomic mass is 35.5. The molecule has 0 radical (unpaired) electrons. The largest absolute Gasteiger partial charge is 0.382 e. The summed E-state index contributed by atoms with van der Waals surface area (Å²) in [6, 6.07) is 10.0. The van der Waals surface area contributed by atoms with Crippen LogP contribution in [0.5, 0.6) is 0 Å². The molecule has 1 N–H and O–H groups in total. The fourth-order valence-corrected chi connectivity index (χ4v) is 1.63. The summed E-state index contributed by atoms with van der Waals surface area (Å²) in [5, 5.41) is 9.84.